The lowest BCUT2D eigenvalue weighted by atomic mass is 10.2. The number of guanidine groups is 1. The maximum Gasteiger partial charge on any atom is 0.243 e. The Morgan fingerprint density at radius 3 is 2.72 bits per heavy atom. The van der Waals surface area contributed by atoms with Gasteiger partial charge in [-0.3, -0.25) is 9.79 Å². The number of carbonyl (C=O) groups excluding carboxylic acids is 1. The van der Waals surface area contributed by atoms with E-state index < -0.39 is 9.84 Å². The van der Waals surface area contributed by atoms with Gasteiger partial charge < -0.3 is 16.0 Å². The fraction of sp³-hybridized carbons (Fsp3) is 0.412. The van der Waals surface area contributed by atoms with E-state index in [9.17, 15) is 13.2 Å². The van der Waals surface area contributed by atoms with Crippen molar-refractivity contribution < 1.29 is 13.2 Å². The molecule has 0 aliphatic heterocycles. The molecule has 1 unspecified atom stereocenters. The fourth-order valence-electron chi connectivity index (χ4n) is 1.95. The highest BCUT2D eigenvalue weighted by Gasteiger charge is 2.10. The maximum absolute atomic E-state index is 12.0. The number of benzene rings is 1. The van der Waals surface area contributed by atoms with Crippen molar-refractivity contribution in [2.24, 2.45) is 4.99 Å². The Labute approximate surface area is 149 Å². The number of rotatable bonds is 7. The van der Waals surface area contributed by atoms with E-state index in [1.54, 1.807) is 31.3 Å². The number of nitrogens with one attached hydrogen (secondary N) is 3. The summed E-state index contributed by atoms with van der Waals surface area (Å²) in [5, 5.41) is 8.66. The van der Waals surface area contributed by atoms with Crippen molar-refractivity contribution in [1.29, 1.82) is 0 Å². The predicted octanol–water partition coefficient (Wildman–Crippen LogP) is 0.595. The average Bonchev–Trinajstić information content (AvgIpc) is 2.56. The number of nitrogens with zero attached hydrogens (tertiary/aromatic N) is 1. The molecule has 0 fully saturated rings. The van der Waals surface area contributed by atoms with Crippen LogP contribution in [0, 0.1) is 12.3 Å². The van der Waals surface area contributed by atoms with Crippen LogP contribution in [0.25, 0.3) is 0 Å². The van der Waals surface area contributed by atoms with Gasteiger partial charge in [0.2, 0.25) is 5.91 Å². The predicted molar refractivity (Wildman–Crippen MR) is 101 cm³/mol. The van der Waals surface area contributed by atoms with Gasteiger partial charge in [-0.15, -0.1) is 6.42 Å². The first kappa shape index (κ1) is 20.5. The van der Waals surface area contributed by atoms with Crippen LogP contribution in [0.1, 0.15) is 18.9 Å². The van der Waals surface area contributed by atoms with Gasteiger partial charge in [0.15, 0.2) is 5.96 Å². The largest absolute Gasteiger partial charge is 0.354 e. The summed E-state index contributed by atoms with van der Waals surface area (Å²) in [6.07, 6.45) is 6.98. The molecule has 1 aromatic carbocycles. The molecule has 25 heavy (non-hydrogen) atoms. The van der Waals surface area contributed by atoms with Crippen LogP contribution in [0.5, 0.6) is 0 Å². The molecule has 0 aliphatic rings. The third kappa shape index (κ3) is 8.77. The molecule has 0 saturated heterocycles. The Balaban J connectivity index is 2.46. The highest BCUT2D eigenvalue weighted by atomic mass is 32.2. The summed E-state index contributed by atoms with van der Waals surface area (Å²) >= 11 is 0. The lowest BCUT2D eigenvalue weighted by Gasteiger charge is -2.17. The standard InChI is InChI=1S/C17H24N4O3S/c1-5-14-7-6-8-15(11-14)21-16(22)12-19-17(18-3)20-13(2)9-10-25(4,23)24/h1,6-8,11,13H,9-10,12H2,2-4H3,(H,21,22)(H2,18,19,20). The molecule has 0 saturated carbocycles. The first-order valence-corrected chi connectivity index (χ1v) is 9.81. The summed E-state index contributed by atoms with van der Waals surface area (Å²) < 4.78 is 22.4. The molecule has 8 heteroatoms. The topological polar surface area (TPSA) is 99.7 Å². The zero-order valence-electron chi connectivity index (χ0n) is 14.7. The fourth-order valence-corrected chi connectivity index (χ4v) is 2.73. The quantitative estimate of drug-likeness (QED) is 0.374. The Bertz CT molecular complexity index is 766. The second-order valence-corrected chi connectivity index (χ2v) is 7.92. The first-order chi connectivity index (χ1) is 11.7. The molecule has 0 heterocycles. The summed E-state index contributed by atoms with van der Waals surface area (Å²) in [4.78, 5) is 16.0. The normalized spacial score (nSPS) is 12.8. The molecule has 0 aliphatic carbocycles. The van der Waals surface area contributed by atoms with E-state index in [-0.39, 0.29) is 24.2 Å². The number of aliphatic imine (C=N–C) groups is 1. The number of anilines is 1. The second kappa shape index (κ2) is 9.69. The number of hydrogen-bond acceptors (Lipinski definition) is 4. The molecule has 7 nitrogen and oxygen atoms in total. The number of hydrogen-bond donors (Lipinski definition) is 3. The zero-order chi connectivity index (χ0) is 18.9. The van der Waals surface area contributed by atoms with Crippen molar-refractivity contribution >= 4 is 27.4 Å². The Hall–Kier alpha value is -2.53. The molecule has 136 valence electrons. The molecule has 3 N–H and O–H groups in total. The van der Waals surface area contributed by atoms with E-state index in [2.05, 4.69) is 26.9 Å². The van der Waals surface area contributed by atoms with Crippen molar-refractivity contribution in [3.05, 3.63) is 29.8 Å². The highest BCUT2D eigenvalue weighted by molar-refractivity contribution is 7.90. The molecule has 1 amide bonds. The van der Waals surface area contributed by atoms with Crippen LogP contribution < -0.4 is 16.0 Å². The molecular weight excluding hydrogens is 340 g/mol. The van der Waals surface area contributed by atoms with Gasteiger partial charge in [0.25, 0.3) is 0 Å². The minimum Gasteiger partial charge on any atom is -0.354 e. The lowest BCUT2D eigenvalue weighted by molar-refractivity contribution is -0.115. The third-order valence-electron chi connectivity index (χ3n) is 3.26. The molecule has 0 bridgehead atoms. The van der Waals surface area contributed by atoms with Crippen LogP contribution in [0.3, 0.4) is 0 Å². The summed E-state index contributed by atoms with van der Waals surface area (Å²) in [5.74, 6) is 2.77. The van der Waals surface area contributed by atoms with Gasteiger partial charge in [-0.25, -0.2) is 8.42 Å². The zero-order valence-corrected chi connectivity index (χ0v) is 15.5. The van der Waals surface area contributed by atoms with Gasteiger partial charge in [0.05, 0.1) is 12.3 Å². The highest BCUT2D eigenvalue weighted by Crippen LogP contribution is 2.09. The Morgan fingerprint density at radius 2 is 2.12 bits per heavy atom. The molecule has 0 aromatic heterocycles. The molecule has 0 spiro atoms. The van der Waals surface area contributed by atoms with Crippen molar-refractivity contribution in [2.75, 3.05) is 30.9 Å². The minimum atomic E-state index is -3.01. The van der Waals surface area contributed by atoms with Gasteiger partial charge in [0.1, 0.15) is 9.84 Å². The minimum absolute atomic E-state index is 0.0126. The summed E-state index contributed by atoms with van der Waals surface area (Å²) in [7, 11) is -1.43. The van der Waals surface area contributed by atoms with Gasteiger partial charge in [0, 0.05) is 30.6 Å². The van der Waals surface area contributed by atoms with E-state index in [1.165, 1.54) is 6.26 Å². The van der Waals surface area contributed by atoms with Gasteiger partial charge in [-0.1, -0.05) is 12.0 Å². The second-order valence-electron chi connectivity index (χ2n) is 5.66. The van der Waals surface area contributed by atoms with Crippen molar-refractivity contribution in [3.8, 4) is 12.3 Å². The molecule has 1 atom stereocenters. The number of terminal acetylenes is 1. The van der Waals surface area contributed by atoms with E-state index in [4.69, 9.17) is 6.42 Å². The van der Waals surface area contributed by atoms with E-state index in [1.807, 2.05) is 6.92 Å². The maximum atomic E-state index is 12.0. The number of amides is 1. The van der Waals surface area contributed by atoms with Crippen LogP contribution in [0.4, 0.5) is 5.69 Å². The van der Waals surface area contributed by atoms with Crippen LogP contribution in [0.15, 0.2) is 29.3 Å². The summed E-state index contributed by atoms with van der Waals surface area (Å²) in [6.45, 7) is 1.86. The van der Waals surface area contributed by atoms with Gasteiger partial charge in [-0.2, -0.15) is 0 Å². The van der Waals surface area contributed by atoms with E-state index >= 15 is 0 Å². The number of sulfone groups is 1. The monoisotopic (exact) mass is 364 g/mol. The Morgan fingerprint density at radius 1 is 1.40 bits per heavy atom. The third-order valence-corrected chi connectivity index (χ3v) is 4.24. The van der Waals surface area contributed by atoms with Crippen LogP contribution in [-0.4, -0.2) is 51.9 Å². The molecule has 1 aromatic rings. The van der Waals surface area contributed by atoms with E-state index in [0.29, 0.717) is 23.6 Å². The van der Waals surface area contributed by atoms with Gasteiger partial charge in [-0.05, 0) is 31.5 Å². The van der Waals surface area contributed by atoms with Crippen LogP contribution in [0.2, 0.25) is 0 Å². The van der Waals surface area contributed by atoms with Crippen molar-refractivity contribution in [3.63, 3.8) is 0 Å². The average molecular weight is 364 g/mol. The summed E-state index contributed by atoms with van der Waals surface area (Å²) in [6, 6.07) is 6.90. The molecular formula is C17H24N4O3S. The lowest BCUT2D eigenvalue weighted by Crippen LogP contribution is -2.45. The van der Waals surface area contributed by atoms with Crippen LogP contribution >= 0.6 is 0 Å². The van der Waals surface area contributed by atoms with Crippen LogP contribution in [-0.2, 0) is 14.6 Å². The Kier molecular flexibility index (Phi) is 7.95. The SMILES string of the molecule is C#Cc1cccc(NC(=O)CNC(=NC)NC(C)CCS(C)(=O)=O)c1. The summed E-state index contributed by atoms with van der Waals surface area (Å²) in [5.41, 5.74) is 1.30. The van der Waals surface area contributed by atoms with Gasteiger partial charge >= 0.3 is 0 Å². The van der Waals surface area contributed by atoms with E-state index in [0.717, 1.165) is 0 Å². The molecule has 0 radical (unpaired) electrons. The van der Waals surface area contributed by atoms with Crippen molar-refractivity contribution in [1.82, 2.24) is 10.6 Å². The number of carbonyl (C=O) groups is 1. The molecule has 1 rings (SSSR count). The van der Waals surface area contributed by atoms with Crippen molar-refractivity contribution in [2.45, 2.75) is 19.4 Å². The first-order valence-electron chi connectivity index (χ1n) is 7.75. The smallest absolute Gasteiger partial charge is 0.243 e.